The van der Waals surface area contributed by atoms with Gasteiger partial charge in [-0.2, -0.15) is 0 Å². The lowest BCUT2D eigenvalue weighted by molar-refractivity contribution is -0.132. The second-order valence-corrected chi connectivity index (χ2v) is 5.65. The van der Waals surface area contributed by atoms with Crippen LogP contribution in [0.1, 0.15) is 33.1 Å². The molecule has 1 amide bonds. The predicted octanol–water partition coefficient (Wildman–Crippen LogP) is 1.93. The fourth-order valence-corrected chi connectivity index (χ4v) is 2.63. The zero-order chi connectivity index (χ0) is 13.4. The van der Waals surface area contributed by atoms with Crippen LogP contribution >= 0.6 is 12.4 Å². The van der Waals surface area contributed by atoms with E-state index in [0.717, 1.165) is 32.0 Å². The Labute approximate surface area is 123 Å². The number of piperidine rings is 1. The number of nitrogens with zero attached hydrogens (tertiary/aromatic N) is 1. The summed E-state index contributed by atoms with van der Waals surface area (Å²) in [7, 11) is 1.67. The average Bonchev–Trinajstić information content (AvgIpc) is 2.34. The average molecular weight is 293 g/mol. The number of rotatable bonds is 7. The number of methoxy groups -OCH3 is 1. The summed E-state index contributed by atoms with van der Waals surface area (Å²) in [5, 5.41) is 3.12. The molecule has 1 fully saturated rings. The standard InChI is InChI=1S/C14H28N2O2.ClH/c1-12(2)9-13-5-4-7-16(11-13)14(17)10-15-6-8-18-3;/h12-13,15H,4-11H2,1-3H3;1H. The molecule has 1 atom stereocenters. The van der Waals surface area contributed by atoms with Gasteiger partial charge in [-0.3, -0.25) is 4.79 Å². The van der Waals surface area contributed by atoms with Crippen LogP contribution in [0.5, 0.6) is 0 Å². The zero-order valence-electron chi connectivity index (χ0n) is 12.5. The van der Waals surface area contributed by atoms with Crippen molar-refractivity contribution >= 4 is 18.3 Å². The molecule has 0 aromatic heterocycles. The van der Waals surface area contributed by atoms with E-state index in [-0.39, 0.29) is 18.3 Å². The Morgan fingerprint density at radius 3 is 2.84 bits per heavy atom. The van der Waals surface area contributed by atoms with Gasteiger partial charge in [0.25, 0.3) is 0 Å². The Morgan fingerprint density at radius 1 is 1.47 bits per heavy atom. The number of ether oxygens (including phenoxy) is 1. The molecule has 4 nitrogen and oxygen atoms in total. The number of amides is 1. The van der Waals surface area contributed by atoms with Crippen LogP contribution < -0.4 is 5.32 Å². The van der Waals surface area contributed by atoms with Gasteiger partial charge in [0.1, 0.15) is 0 Å². The van der Waals surface area contributed by atoms with Gasteiger partial charge in [0.15, 0.2) is 0 Å². The molecule has 1 saturated heterocycles. The molecule has 5 heteroatoms. The van der Waals surface area contributed by atoms with Crippen LogP contribution in [0.15, 0.2) is 0 Å². The van der Waals surface area contributed by atoms with E-state index in [1.807, 2.05) is 4.90 Å². The van der Waals surface area contributed by atoms with Gasteiger partial charge in [0.05, 0.1) is 13.2 Å². The van der Waals surface area contributed by atoms with Gasteiger partial charge >= 0.3 is 0 Å². The Morgan fingerprint density at radius 2 is 2.21 bits per heavy atom. The first kappa shape index (κ1) is 18.7. The molecule has 1 rings (SSSR count). The van der Waals surface area contributed by atoms with Gasteiger partial charge in [-0.1, -0.05) is 13.8 Å². The lowest BCUT2D eigenvalue weighted by atomic mass is 9.90. The summed E-state index contributed by atoms with van der Waals surface area (Å²) in [5.41, 5.74) is 0. The molecule has 0 aromatic rings. The van der Waals surface area contributed by atoms with Crippen molar-refractivity contribution in [2.45, 2.75) is 33.1 Å². The van der Waals surface area contributed by atoms with Gasteiger partial charge in [-0.05, 0) is 31.1 Å². The Bertz CT molecular complexity index is 250. The molecule has 19 heavy (non-hydrogen) atoms. The first-order valence-corrected chi connectivity index (χ1v) is 7.11. The summed E-state index contributed by atoms with van der Waals surface area (Å²) in [4.78, 5) is 14.0. The molecule has 114 valence electrons. The molecule has 0 radical (unpaired) electrons. The molecule has 0 aliphatic carbocycles. The minimum Gasteiger partial charge on any atom is -0.383 e. The second-order valence-electron chi connectivity index (χ2n) is 5.65. The summed E-state index contributed by atoms with van der Waals surface area (Å²) < 4.78 is 4.94. The Balaban J connectivity index is 0.00000324. The van der Waals surface area contributed by atoms with Crippen molar-refractivity contribution in [3.8, 4) is 0 Å². The van der Waals surface area contributed by atoms with Crippen LogP contribution in [0.4, 0.5) is 0 Å². The molecule has 1 aliphatic heterocycles. The number of carbonyl (C=O) groups is 1. The lowest BCUT2D eigenvalue weighted by Crippen LogP contribution is -2.44. The van der Waals surface area contributed by atoms with E-state index in [0.29, 0.717) is 19.1 Å². The van der Waals surface area contributed by atoms with Gasteiger partial charge in [-0.15, -0.1) is 12.4 Å². The molecule has 0 aromatic carbocycles. The van der Waals surface area contributed by atoms with Crippen LogP contribution in [0, 0.1) is 11.8 Å². The Kier molecular flexibility index (Phi) is 10.3. The number of likely N-dealkylation sites (tertiary alicyclic amines) is 1. The molecule has 1 N–H and O–H groups in total. The van der Waals surface area contributed by atoms with Crippen molar-refractivity contribution in [2.24, 2.45) is 11.8 Å². The van der Waals surface area contributed by atoms with E-state index >= 15 is 0 Å². The molecule has 1 unspecified atom stereocenters. The normalized spacial score (nSPS) is 19.4. The summed E-state index contributed by atoms with van der Waals surface area (Å²) in [6.07, 6.45) is 3.67. The van der Waals surface area contributed by atoms with Crippen molar-refractivity contribution < 1.29 is 9.53 Å². The minimum atomic E-state index is 0. The van der Waals surface area contributed by atoms with Gasteiger partial charge in [0.2, 0.25) is 5.91 Å². The first-order valence-electron chi connectivity index (χ1n) is 7.11. The highest BCUT2D eigenvalue weighted by molar-refractivity contribution is 5.85. The highest BCUT2D eigenvalue weighted by Gasteiger charge is 2.23. The molecule has 1 aliphatic rings. The largest absolute Gasteiger partial charge is 0.383 e. The molecule has 0 spiro atoms. The summed E-state index contributed by atoms with van der Waals surface area (Å²) in [5.74, 6) is 1.66. The van der Waals surface area contributed by atoms with E-state index in [2.05, 4.69) is 19.2 Å². The first-order chi connectivity index (χ1) is 8.63. The molecular formula is C14H29ClN2O2. The number of carbonyl (C=O) groups excluding carboxylic acids is 1. The summed E-state index contributed by atoms with van der Waals surface area (Å²) in [6.45, 7) is 8.23. The third kappa shape index (κ3) is 7.75. The molecule has 0 bridgehead atoms. The second kappa shape index (κ2) is 10.5. The maximum Gasteiger partial charge on any atom is 0.236 e. The van der Waals surface area contributed by atoms with E-state index in [9.17, 15) is 4.79 Å². The monoisotopic (exact) mass is 292 g/mol. The van der Waals surface area contributed by atoms with Crippen molar-refractivity contribution in [2.75, 3.05) is 39.9 Å². The maximum absolute atomic E-state index is 12.0. The van der Waals surface area contributed by atoms with Crippen LogP contribution in [0.25, 0.3) is 0 Å². The van der Waals surface area contributed by atoms with E-state index in [1.165, 1.54) is 12.8 Å². The van der Waals surface area contributed by atoms with Crippen molar-refractivity contribution in [3.63, 3.8) is 0 Å². The SMILES string of the molecule is COCCNCC(=O)N1CCCC(CC(C)C)C1.Cl. The lowest BCUT2D eigenvalue weighted by Gasteiger charge is -2.33. The predicted molar refractivity (Wildman–Crippen MR) is 80.8 cm³/mol. The smallest absolute Gasteiger partial charge is 0.236 e. The highest BCUT2D eigenvalue weighted by Crippen LogP contribution is 2.22. The van der Waals surface area contributed by atoms with E-state index < -0.39 is 0 Å². The zero-order valence-corrected chi connectivity index (χ0v) is 13.3. The van der Waals surface area contributed by atoms with Crippen LogP contribution in [-0.2, 0) is 9.53 Å². The third-order valence-corrected chi connectivity index (χ3v) is 3.44. The topological polar surface area (TPSA) is 41.6 Å². The van der Waals surface area contributed by atoms with Crippen molar-refractivity contribution in [3.05, 3.63) is 0 Å². The number of hydrogen-bond acceptors (Lipinski definition) is 3. The minimum absolute atomic E-state index is 0. The quantitative estimate of drug-likeness (QED) is 0.729. The number of halogens is 1. The molecule has 1 heterocycles. The molecular weight excluding hydrogens is 264 g/mol. The maximum atomic E-state index is 12.0. The van der Waals surface area contributed by atoms with Crippen molar-refractivity contribution in [1.82, 2.24) is 10.2 Å². The fraction of sp³-hybridized carbons (Fsp3) is 0.929. The third-order valence-electron chi connectivity index (χ3n) is 3.44. The number of hydrogen-bond donors (Lipinski definition) is 1. The van der Waals surface area contributed by atoms with Gasteiger partial charge in [-0.25, -0.2) is 0 Å². The molecule has 0 saturated carbocycles. The summed E-state index contributed by atoms with van der Waals surface area (Å²) in [6, 6.07) is 0. The van der Waals surface area contributed by atoms with Crippen LogP contribution in [0.3, 0.4) is 0 Å². The van der Waals surface area contributed by atoms with Crippen LogP contribution in [0.2, 0.25) is 0 Å². The summed E-state index contributed by atoms with van der Waals surface area (Å²) >= 11 is 0. The Hall–Kier alpha value is -0.320. The van der Waals surface area contributed by atoms with E-state index in [1.54, 1.807) is 7.11 Å². The van der Waals surface area contributed by atoms with Gasteiger partial charge < -0.3 is 15.0 Å². The fourth-order valence-electron chi connectivity index (χ4n) is 2.63. The van der Waals surface area contributed by atoms with E-state index in [4.69, 9.17) is 4.74 Å². The number of nitrogens with one attached hydrogen (secondary N) is 1. The van der Waals surface area contributed by atoms with Gasteiger partial charge in [0, 0.05) is 26.7 Å². The van der Waals surface area contributed by atoms with Crippen molar-refractivity contribution in [1.29, 1.82) is 0 Å². The van der Waals surface area contributed by atoms with Crippen LogP contribution in [-0.4, -0.2) is 50.7 Å². The highest BCUT2D eigenvalue weighted by atomic mass is 35.5.